The van der Waals surface area contributed by atoms with Crippen LogP contribution in [0, 0.1) is 0 Å². The Hall–Kier alpha value is -2.63. The normalized spacial score (nSPS) is 11.7. The van der Waals surface area contributed by atoms with Gasteiger partial charge in [0.1, 0.15) is 6.15 Å². The summed E-state index contributed by atoms with van der Waals surface area (Å²) in [5.41, 5.74) is 5.36. The van der Waals surface area contributed by atoms with E-state index in [-0.39, 0.29) is 0 Å². The molecule has 0 atom stereocenters. The molecule has 4 rings (SSSR count). The number of hydrogen-bond acceptors (Lipinski definition) is 0. The predicted octanol–water partition coefficient (Wildman–Crippen LogP) is 15.5. The molecule has 0 aliphatic heterocycles. The average Bonchev–Trinajstić information content (AvgIpc) is 3.28. The Balaban J connectivity index is 0.000000319. The van der Waals surface area contributed by atoms with E-state index in [0.717, 1.165) is 0 Å². The molecule has 0 nitrogen and oxygen atoms in total. The van der Waals surface area contributed by atoms with Gasteiger partial charge < -0.3 is 0 Å². The molecule has 0 aliphatic rings. The van der Waals surface area contributed by atoms with E-state index in [1.54, 1.807) is 50.3 Å². The van der Waals surface area contributed by atoms with Gasteiger partial charge in [-0.05, 0) is 51.4 Å². The molecule has 2 heteroatoms. The number of hydrogen-bond donors (Lipinski definition) is 0. The molecule has 0 aromatic heterocycles. The van der Waals surface area contributed by atoms with Crippen molar-refractivity contribution in [3.63, 3.8) is 0 Å². The maximum absolute atomic E-state index is 2.35. The minimum atomic E-state index is -1.22. The van der Waals surface area contributed by atoms with Crippen molar-refractivity contribution in [3.05, 3.63) is 121 Å². The summed E-state index contributed by atoms with van der Waals surface area (Å²) in [6.07, 6.45) is 40.9. The van der Waals surface area contributed by atoms with Gasteiger partial charge in [0, 0.05) is 7.26 Å². The average molecular weight is 803 g/mol. The smallest absolute Gasteiger partial charge is 0.108 e. The van der Waals surface area contributed by atoms with Crippen LogP contribution in [0.15, 0.2) is 121 Å². The lowest BCUT2D eigenvalue weighted by molar-refractivity contribution is 0.610. The summed E-state index contributed by atoms with van der Waals surface area (Å²) in [5.74, 6) is 0. The van der Waals surface area contributed by atoms with Gasteiger partial charge in [0.05, 0.1) is 24.6 Å². The summed E-state index contributed by atoms with van der Waals surface area (Å²) < 4.78 is 0. The van der Waals surface area contributed by atoms with Crippen LogP contribution in [0.5, 0.6) is 0 Å². The van der Waals surface area contributed by atoms with Crippen LogP contribution in [0.25, 0.3) is 0 Å². The second kappa shape index (κ2) is 32.2. The van der Waals surface area contributed by atoms with E-state index in [9.17, 15) is 0 Å². The highest BCUT2D eigenvalue weighted by Gasteiger charge is 2.35. The zero-order valence-corrected chi connectivity index (χ0v) is 39.3. The van der Waals surface area contributed by atoms with Crippen LogP contribution >= 0.6 is 7.26 Å². The van der Waals surface area contributed by atoms with Crippen LogP contribution in [0.1, 0.15) is 182 Å². The van der Waals surface area contributed by atoms with Crippen LogP contribution in [-0.2, 0) is 0 Å². The van der Waals surface area contributed by atoms with Crippen molar-refractivity contribution >= 4 is 35.3 Å². The van der Waals surface area contributed by atoms with Crippen LogP contribution in [0.3, 0.4) is 0 Å². The first kappa shape index (κ1) is 49.7. The first-order chi connectivity index (χ1) is 28.7. The van der Waals surface area contributed by atoms with E-state index < -0.39 is 13.4 Å². The lowest BCUT2D eigenvalue weighted by Crippen LogP contribution is -2.74. The molecule has 0 saturated heterocycles. The lowest BCUT2D eigenvalue weighted by Gasteiger charge is -2.44. The number of unbranched alkanes of at least 4 members (excludes halogenated alkanes) is 20. The molecule has 4 aromatic carbocycles. The molecule has 320 valence electrons. The fraction of sp³-hybridized carbons (Fsp3) is 0.571. The molecule has 0 bridgehead atoms. The topological polar surface area (TPSA) is 0 Å². The summed E-state index contributed by atoms with van der Waals surface area (Å²) in [5, 5.41) is 0. The van der Waals surface area contributed by atoms with Gasteiger partial charge in [0.25, 0.3) is 0 Å². The molecule has 58 heavy (non-hydrogen) atoms. The van der Waals surface area contributed by atoms with Gasteiger partial charge in [-0.25, -0.2) is 0 Å². The van der Waals surface area contributed by atoms with Crippen LogP contribution in [0.2, 0.25) is 0 Å². The molecule has 0 aliphatic carbocycles. The van der Waals surface area contributed by atoms with Gasteiger partial charge in [-0.3, -0.25) is 0 Å². The highest BCUT2D eigenvalue weighted by Crippen LogP contribution is 2.61. The van der Waals surface area contributed by atoms with Gasteiger partial charge in [0.2, 0.25) is 0 Å². The van der Waals surface area contributed by atoms with Crippen molar-refractivity contribution in [2.45, 2.75) is 182 Å². The van der Waals surface area contributed by atoms with E-state index in [1.807, 2.05) is 0 Å². The molecule has 0 spiro atoms. The third-order valence-electron chi connectivity index (χ3n) is 13.1. The molecule has 4 aromatic rings. The zero-order chi connectivity index (χ0) is 41.3. The maximum atomic E-state index is 2.35. The van der Waals surface area contributed by atoms with E-state index in [1.165, 1.54) is 150 Å². The molecule has 0 amide bonds. The number of benzene rings is 4. The van der Waals surface area contributed by atoms with Crippen molar-refractivity contribution in [3.8, 4) is 0 Å². The second-order valence-corrected chi connectivity index (χ2v) is 22.3. The fourth-order valence-corrected chi connectivity index (χ4v) is 14.6. The monoisotopic (exact) mass is 803 g/mol. The van der Waals surface area contributed by atoms with E-state index >= 15 is 0 Å². The van der Waals surface area contributed by atoms with Gasteiger partial charge in [-0.15, -0.1) is 0 Å². The van der Waals surface area contributed by atoms with Crippen molar-refractivity contribution in [1.29, 1.82) is 0 Å². The molecule has 0 heterocycles. The Morgan fingerprint density at radius 1 is 0.259 bits per heavy atom. The largest absolute Gasteiger partial charge is 0.195 e. The van der Waals surface area contributed by atoms with Gasteiger partial charge in [-0.1, -0.05) is 252 Å². The summed E-state index contributed by atoms with van der Waals surface area (Å²) in [7, 11) is -0.718. The Morgan fingerprint density at radius 3 is 0.655 bits per heavy atom. The zero-order valence-electron chi connectivity index (χ0n) is 38.4. The summed E-state index contributed by atoms with van der Waals surface area (Å²) in [6, 6.07) is 43.5. The molecule has 0 fully saturated rings. The first-order valence-corrected chi connectivity index (χ1v) is 27.4. The van der Waals surface area contributed by atoms with Crippen molar-refractivity contribution < 1.29 is 0 Å². The Bertz CT molecular complexity index is 1240. The third-order valence-corrected chi connectivity index (χ3v) is 18.2. The fourth-order valence-electron chi connectivity index (χ4n) is 9.70. The quantitative estimate of drug-likeness (QED) is 0.0262. The van der Waals surface area contributed by atoms with E-state index in [4.69, 9.17) is 0 Å². The molecule has 0 N–H and O–H groups in total. The maximum Gasteiger partial charge on any atom is 0.108 e. The molecule has 0 unspecified atom stereocenters. The molecular formula is C56H88BP. The Kier molecular flexibility index (Phi) is 27.6. The lowest BCUT2D eigenvalue weighted by atomic mass is 9.13. The molecular weight excluding hydrogens is 714 g/mol. The number of rotatable bonds is 32. The Labute approximate surface area is 361 Å². The van der Waals surface area contributed by atoms with Crippen molar-refractivity contribution in [2.24, 2.45) is 0 Å². The first-order valence-electron chi connectivity index (χ1n) is 24.9. The third kappa shape index (κ3) is 18.3. The minimum absolute atomic E-state index is 0.718. The summed E-state index contributed by atoms with van der Waals surface area (Å²) in [6.45, 7) is 9.38. The predicted molar refractivity (Wildman–Crippen MR) is 270 cm³/mol. The van der Waals surface area contributed by atoms with Crippen LogP contribution < -0.4 is 21.9 Å². The second-order valence-electron chi connectivity index (χ2n) is 17.8. The van der Waals surface area contributed by atoms with E-state index in [0.29, 0.717) is 0 Å². The Morgan fingerprint density at radius 2 is 0.448 bits per heavy atom. The van der Waals surface area contributed by atoms with Crippen LogP contribution in [-0.4, -0.2) is 30.8 Å². The van der Waals surface area contributed by atoms with Crippen molar-refractivity contribution in [1.82, 2.24) is 0 Å². The minimum Gasteiger partial charge on any atom is -0.195 e. The van der Waals surface area contributed by atoms with Gasteiger partial charge in [-0.2, -0.15) is 21.9 Å². The van der Waals surface area contributed by atoms with Gasteiger partial charge >= 0.3 is 0 Å². The van der Waals surface area contributed by atoms with Gasteiger partial charge in [0.15, 0.2) is 0 Å². The summed E-state index contributed by atoms with van der Waals surface area (Å²) in [4.78, 5) is 0. The molecule has 0 saturated carbocycles. The van der Waals surface area contributed by atoms with E-state index in [2.05, 4.69) is 149 Å². The highest BCUT2D eigenvalue weighted by atomic mass is 31.2. The molecule has 0 radical (unpaired) electrons. The highest BCUT2D eigenvalue weighted by molar-refractivity contribution is 7.75. The SMILES string of the molecule is CCCCCCCC[P+](CCCCCCCC)(CCCCCCCC)CCCCCCCC.c1ccc([B-](c2ccccc2)(c2ccccc2)c2ccccc2)cc1. The summed E-state index contributed by atoms with van der Waals surface area (Å²) >= 11 is 0. The standard InChI is InChI=1S/C32H68P.C24H20B/c1-5-9-13-17-21-25-29-33(30-26-22-18-14-10-6-2,31-27-23-19-15-11-7-3)32-28-24-20-16-12-8-4;1-5-13-21(14-6-1)25(22-15-7-2-8-16-22,23-17-9-3-10-18-23)24-19-11-4-12-20-24/h5-32H2,1-4H3;1-20H/q+1;-1. The van der Waals surface area contributed by atoms with Crippen molar-refractivity contribution in [2.75, 3.05) is 24.6 Å². The van der Waals surface area contributed by atoms with Crippen LogP contribution in [0.4, 0.5) is 0 Å².